The van der Waals surface area contributed by atoms with E-state index in [4.69, 9.17) is 14.2 Å². The van der Waals surface area contributed by atoms with Crippen molar-refractivity contribution in [2.75, 3.05) is 13.7 Å². The van der Waals surface area contributed by atoms with Gasteiger partial charge in [-0.3, -0.25) is 20.4 Å². The molecule has 7 nitrogen and oxygen atoms in total. The van der Waals surface area contributed by atoms with Crippen LogP contribution in [0.25, 0.3) is 0 Å². The van der Waals surface area contributed by atoms with Gasteiger partial charge in [0.05, 0.1) is 13.7 Å². The fraction of sp³-hybridized carbons (Fsp3) is 0.333. The lowest BCUT2D eigenvalue weighted by Crippen LogP contribution is -2.47. The molecule has 2 aromatic carbocycles. The normalized spacial score (nSPS) is 11.3. The molecule has 0 aliphatic heterocycles. The van der Waals surface area contributed by atoms with Crippen LogP contribution < -0.4 is 25.1 Å². The maximum absolute atomic E-state index is 12.9. The van der Waals surface area contributed by atoms with Gasteiger partial charge in [0.2, 0.25) is 0 Å². The number of nitrogens with one attached hydrogen (secondary N) is 2. The van der Waals surface area contributed by atoms with E-state index in [2.05, 4.69) is 17.8 Å². The first kappa shape index (κ1) is 22.0. The topological polar surface area (TPSA) is 85.9 Å². The first-order chi connectivity index (χ1) is 13.9. The first-order valence-electron chi connectivity index (χ1n) is 9.27. The van der Waals surface area contributed by atoms with Gasteiger partial charge in [-0.2, -0.15) is 0 Å². The van der Waals surface area contributed by atoms with Crippen molar-refractivity contribution >= 4 is 11.8 Å². The molecule has 0 bridgehead atoms. The maximum atomic E-state index is 12.9. The zero-order valence-electron chi connectivity index (χ0n) is 16.7. The molecule has 8 heteroatoms. The summed E-state index contributed by atoms with van der Waals surface area (Å²) in [6, 6.07) is 10.0. The molecule has 0 radical (unpaired) electrons. The predicted octanol–water partition coefficient (Wildman–Crippen LogP) is 3.24. The standard InChI is InChI=1S/C21H25FN2O5/c1-4-5-12-28-18-11-6-15(13-19(18)27-3)21(26)24-23-20(25)14(2)29-17-9-7-16(22)8-10-17/h6-11,13-14H,4-5,12H2,1-3H3,(H,23,25)(H,24,26)/t14-/m1/s1. The molecule has 0 aliphatic carbocycles. The number of hydrogen-bond donors (Lipinski definition) is 2. The van der Waals surface area contributed by atoms with Crippen LogP contribution in [0.2, 0.25) is 0 Å². The van der Waals surface area contributed by atoms with Gasteiger partial charge in [0, 0.05) is 5.56 Å². The highest BCUT2D eigenvalue weighted by Gasteiger charge is 2.17. The summed E-state index contributed by atoms with van der Waals surface area (Å²) >= 11 is 0. The lowest BCUT2D eigenvalue weighted by Gasteiger charge is -2.15. The van der Waals surface area contributed by atoms with Crippen LogP contribution in [0.5, 0.6) is 17.2 Å². The van der Waals surface area contributed by atoms with Crippen molar-refractivity contribution in [3.63, 3.8) is 0 Å². The summed E-state index contributed by atoms with van der Waals surface area (Å²) in [5.41, 5.74) is 4.91. The monoisotopic (exact) mass is 404 g/mol. The van der Waals surface area contributed by atoms with Gasteiger partial charge in [-0.05, 0) is 55.8 Å². The lowest BCUT2D eigenvalue weighted by molar-refractivity contribution is -0.128. The van der Waals surface area contributed by atoms with Gasteiger partial charge in [0.1, 0.15) is 11.6 Å². The molecule has 156 valence electrons. The fourth-order valence-corrected chi connectivity index (χ4v) is 2.32. The number of benzene rings is 2. The quantitative estimate of drug-likeness (QED) is 0.495. The molecule has 0 fully saturated rings. The van der Waals surface area contributed by atoms with Crippen LogP contribution in [-0.2, 0) is 4.79 Å². The molecule has 29 heavy (non-hydrogen) atoms. The van der Waals surface area contributed by atoms with Crippen LogP contribution in [0.4, 0.5) is 4.39 Å². The molecule has 2 N–H and O–H groups in total. The minimum atomic E-state index is -0.898. The molecule has 0 saturated carbocycles. The van der Waals surface area contributed by atoms with Crippen molar-refractivity contribution in [2.24, 2.45) is 0 Å². The number of unbranched alkanes of at least 4 members (excludes halogenated alkanes) is 1. The Labute approximate surface area is 169 Å². The number of amides is 2. The highest BCUT2D eigenvalue weighted by atomic mass is 19.1. The van der Waals surface area contributed by atoms with Crippen LogP contribution in [0.1, 0.15) is 37.0 Å². The fourth-order valence-electron chi connectivity index (χ4n) is 2.32. The summed E-state index contributed by atoms with van der Waals surface area (Å²) in [7, 11) is 1.49. The minimum absolute atomic E-state index is 0.289. The Morgan fingerprint density at radius 1 is 1.07 bits per heavy atom. The van der Waals surface area contributed by atoms with Crippen LogP contribution in [-0.4, -0.2) is 31.6 Å². The van der Waals surface area contributed by atoms with E-state index in [0.717, 1.165) is 12.8 Å². The van der Waals surface area contributed by atoms with Gasteiger partial charge >= 0.3 is 0 Å². The van der Waals surface area contributed by atoms with Crippen LogP contribution >= 0.6 is 0 Å². The van der Waals surface area contributed by atoms with Gasteiger partial charge < -0.3 is 14.2 Å². The van der Waals surface area contributed by atoms with Crippen molar-refractivity contribution in [3.8, 4) is 17.2 Å². The third-order valence-corrected chi connectivity index (χ3v) is 3.98. The van der Waals surface area contributed by atoms with Crippen molar-refractivity contribution in [1.82, 2.24) is 10.9 Å². The van der Waals surface area contributed by atoms with Crippen LogP contribution in [0, 0.1) is 5.82 Å². The van der Waals surface area contributed by atoms with E-state index in [1.165, 1.54) is 44.4 Å². The molecule has 2 rings (SSSR count). The van der Waals surface area contributed by atoms with E-state index in [9.17, 15) is 14.0 Å². The first-order valence-corrected chi connectivity index (χ1v) is 9.27. The number of rotatable bonds is 9. The average molecular weight is 404 g/mol. The SMILES string of the molecule is CCCCOc1ccc(C(=O)NNC(=O)[C@@H](C)Oc2ccc(F)cc2)cc1OC. The average Bonchev–Trinajstić information content (AvgIpc) is 2.73. The largest absolute Gasteiger partial charge is 0.493 e. The summed E-state index contributed by atoms with van der Waals surface area (Å²) in [5.74, 6) is -0.182. The zero-order valence-corrected chi connectivity index (χ0v) is 16.7. The molecule has 2 amide bonds. The van der Waals surface area contributed by atoms with E-state index < -0.39 is 23.7 Å². The highest BCUT2D eigenvalue weighted by Crippen LogP contribution is 2.28. The smallest absolute Gasteiger partial charge is 0.279 e. The Hall–Kier alpha value is -3.29. The Morgan fingerprint density at radius 2 is 1.79 bits per heavy atom. The van der Waals surface area contributed by atoms with E-state index in [1.807, 2.05) is 0 Å². The number of carbonyl (C=O) groups excluding carboxylic acids is 2. The molecule has 0 aromatic heterocycles. The van der Waals surface area contributed by atoms with Crippen molar-refractivity contribution in [2.45, 2.75) is 32.8 Å². The minimum Gasteiger partial charge on any atom is -0.493 e. The maximum Gasteiger partial charge on any atom is 0.279 e. The van der Waals surface area contributed by atoms with Gasteiger partial charge in [-0.25, -0.2) is 4.39 Å². The molecular formula is C21H25FN2O5. The van der Waals surface area contributed by atoms with E-state index in [-0.39, 0.29) is 5.56 Å². The van der Waals surface area contributed by atoms with Gasteiger partial charge in [-0.1, -0.05) is 13.3 Å². The molecule has 2 aromatic rings. The lowest BCUT2D eigenvalue weighted by atomic mass is 10.2. The molecular weight excluding hydrogens is 379 g/mol. The zero-order chi connectivity index (χ0) is 21.2. The number of halogens is 1. The van der Waals surface area contributed by atoms with Gasteiger partial charge in [0.15, 0.2) is 17.6 Å². The molecule has 1 atom stereocenters. The number of ether oxygens (including phenoxy) is 3. The Morgan fingerprint density at radius 3 is 2.45 bits per heavy atom. The number of methoxy groups -OCH3 is 1. The second kappa shape index (κ2) is 10.9. The van der Waals surface area contributed by atoms with Gasteiger partial charge in [-0.15, -0.1) is 0 Å². The second-order valence-corrected chi connectivity index (χ2v) is 6.23. The van der Waals surface area contributed by atoms with E-state index in [0.29, 0.717) is 23.9 Å². The highest BCUT2D eigenvalue weighted by molar-refractivity contribution is 5.96. The molecule has 0 saturated heterocycles. The molecule has 0 unspecified atom stereocenters. The third-order valence-electron chi connectivity index (χ3n) is 3.98. The second-order valence-electron chi connectivity index (χ2n) is 6.23. The summed E-state index contributed by atoms with van der Waals surface area (Å²) in [5, 5.41) is 0. The number of hydrazine groups is 1. The van der Waals surface area contributed by atoms with Crippen LogP contribution in [0.15, 0.2) is 42.5 Å². The molecule has 0 spiro atoms. The molecule has 0 aliphatic rings. The summed E-state index contributed by atoms with van der Waals surface area (Å²) in [4.78, 5) is 24.4. The van der Waals surface area contributed by atoms with Crippen molar-refractivity contribution < 1.29 is 28.2 Å². The van der Waals surface area contributed by atoms with Crippen molar-refractivity contribution in [1.29, 1.82) is 0 Å². The number of carbonyl (C=O) groups is 2. The Bertz CT molecular complexity index is 826. The summed E-state index contributed by atoms with van der Waals surface area (Å²) in [6.45, 7) is 4.13. The van der Waals surface area contributed by atoms with E-state index >= 15 is 0 Å². The van der Waals surface area contributed by atoms with Crippen LogP contribution in [0.3, 0.4) is 0 Å². The summed E-state index contributed by atoms with van der Waals surface area (Å²) < 4.78 is 29.2. The number of hydrogen-bond acceptors (Lipinski definition) is 5. The third kappa shape index (κ3) is 6.67. The van der Waals surface area contributed by atoms with Gasteiger partial charge in [0.25, 0.3) is 11.8 Å². The van der Waals surface area contributed by atoms with E-state index in [1.54, 1.807) is 12.1 Å². The molecule has 0 heterocycles. The predicted molar refractivity (Wildman–Crippen MR) is 105 cm³/mol. The Balaban J connectivity index is 1.90. The summed E-state index contributed by atoms with van der Waals surface area (Å²) in [6.07, 6.45) is 1.02. The van der Waals surface area contributed by atoms with Crippen molar-refractivity contribution in [3.05, 3.63) is 53.8 Å². The Kier molecular flexibility index (Phi) is 8.27.